The lowest BCUT2D eigenvalue weighted by molar-refractivity contribution is 0.0534. The number of epoxide rings is 1. The molecule has 0 bridgehead atoms. The monoisotopic (exact) mass is 206 g/mol. The van der Waals surface area contributed by atoms with Crippen molar-refractivity contribution in [3.63, 3.8) is 0 Å². The molecule has 78 valence electrons. The Morgan fingerprint density at radius 2 is 2.33 bits per heavy atom. The number of esters is 1. The molecule has 1 fully saturated rings. The van der Waals surface area contributed by atoms with E-state index in [-0.39, 0.29) is 12.1 Å². The quantitative estimate of drug-likeness (QED) is 0.549. The Bertz CT molecular complexity index is 409. The van der Waals surface area contributed by atoms with Crippen molar-refractivity contribution < 1.29 is 19.0 Å². The summed E-state index contributed by atoms with van der Waals surface area (Å²) in [5, 5.41) is 0. The minimum atomic E-state index is -0.266. The second-order valence-electron chi connectivity index (χ2n) is 3.62. The third-order valence-electron chi connectivity index (χ3n) is 2.53. The van der Waals surface area contributed by atoms with Crippen molar-refractivity contribution in [2.75, 3.05) is 13.2 Å². The van der Waals surface area contributed by atoms with Crippen LogP contribution in [0.25, 0.3) is 0 Å². The molecule has 0 spiro atoms. The van der Waals surface area contributed by atoms with Gasteiger partial charge in [-0.2, -0.15) is 0 Å². The van der Waals surface area contributed by atoms with Gasteiger partial charge in [-0.1, -0.05) is 6.07 Å². The molecule has 0 saturated carbocycles. The predicted octanol–water partition coefficient (Wildman–Crippen LogP) is 1.13. The van der Waals surface area contributed by atoms with Gasteiger partial charge in [-0.15, -0.1) is 0 Å². The molecule has 0 N–H and O–H groups in total. The van der Waals surface area contributed by atoms with E-state index in [4.69, 9.17) is 14.2 Å². The van der Waals surface area contributed by atoms with Crippen molar-refractivity contribution in [2.45, 2.75) is 12.7 Å². The Labute approximate surface area is 86.7 Å². The van der Waals surface area contributed by atoms with Gasteiger partial charge in [0, 0.05) is 5.56 Å². The molecule has 1 unspecified atom stereocenters. The zero-order chi connectivity index (χ0) is 10.3. The topological polar surface area (TPSA) is 48.1 Å². The molecule has 15 heavy (non-hydrogen) atoms. The molecule has 1 atom stereocenters. The molecule has 0 aromatic heterocycles. The van der Waals surface area contributed by atoms with Crippen molar-refractivity contribution in [3.8, 4) is 5.75 Å². The smallest absolute Gasteiger partial charge is 0.339 e. The summed E-state index contributed by atoms with van der Waals surface area (Å²) in [5.74, 6) is 0.465. The van der Waals surface area contributed by atoms with Crippen LogP contribution in [-0.2, 0) is 16.1 Å². The van der Waals surface area contributed by atoms with Crippen LogP contribution in [0, 0.1) is 0 Å². The van der Waals surface area contributed by atoms with E-state index in [1.807, 2.05) is 6.07 Å². The lowest BCUT2D eigenvalue weighted by Crippen LogP contribution is -2.05. The average Bonchev–Trinajstić information content (AvgIpc) is 3.01. The number of hydrogen-bond donors (Lipinski definition) is 0. The van der Waals surface area contributed by atoms with Gasteiger partial charge in [0.25, 0.3) is 0 Å². The van der Waals surface area contributed by atoms with Crippen molar-refractivity contribution in [1.82, 2.24) is 0 Å². The highest BCUT2D eigenvalue weighted by molar-refractivity contribution is 5.94. The van der Waals surface area contributed by atoms with E-state index < -0.39 is 0 Å². The van der Waals surface area contributed by atoms with Gasteiger partial charge >= 0.3 is 5.97 Å². The van der Waals surface area contributed by atoms with E-state index in [1.165, 1.54) is 0 Å². The summed E-state index contributed by atoms with van der Waals surface area (Å²) in [4.78, 5) is 11.3. The van der Waals surface area contributed by atoms with E-state index >= 15 is 0 Å². The van der Waals surface area contributed by atoms with Crippen molar-refractivity contribution >= 4 is 5.97 Å². The number of rotatable bonds is 3. The van der Waals surface area contributed by atoms with Gasteiger partial charge in [0.05, 0.1) is 12.2 Å². The summed E-state index contributed by atoms with van der Waals surface area (Å²) >= 11 is 0. The Hall–Kier alpha value is -1.55. The van der Waals surface area contributed by atoms with Crippen LogP contribution in [0.5, 0.6) is 5.75 Å². The van der Waals surface area contributed by atoms with E-state index in [2.05, 4.69) is 0 Å². The largest absolute Gasteiger partial charge is 0.490 e. The summed E-state index contributed by atoms with van der Waals surface area (Å²) in [7, 11) is 0. The molecule has 2 heterocycles. The van der Waals surface area contributed by atoms with E-state index in [0.717, 1.165) is 17.9 Å². The van der Waals surface area contributed by atoms with Gasteiger partial charge in [-0.3, -0.25) is 0 Å². The normalized spacial score (nSPS) is 22.1. The summed E-state index contributed by atoms with van der Waals surface area (Å²) < 4.78 is 15.5. The summed E-state index contributed by atoms with van der Waals surface area (Å²) in [5.41, 5.74) is 1.47. The van der Waals surface area contributed by atoms with Crippen LogP contribution in [-0.4, -0.2) is 25.3 Å². The van der Waals surface area contributed by atoms with Crippen LogP contribution in [0.4, 0.5) is 0 Å². The van der Waals surface area contributed by atoms with Crippen LogP contribution in [0.1, 0.15) is 15.9 Å². The highest BCUT2D eigenvalue weighted by atomic mass is 16.6. The van der Waals surface area contributed by atoms with Crippen LogP contribution in [0.15, 0.2) is 18.2 Å². The molecule has 4 nitrogen and oxygen atoms in total. The molecule has 2 aliphatic rings. The van der Waals surface area contributed by atoms with Crippen LogP contribution in [0.2, 0.25) is 0 Å². The van der Waals surface area contributed by atoms with Crippen LogP contribution in [0.3, 0.4) is 0 Å². The van der Waals surface area contributed by atoms with Gasteiger partial charge < -0.3 is 14.2 Å². The number of ether oxygens (including phenoxy) is 3. The number of carbonyl (C=O) groups is 1. The minimum absolute atomic E-state index is 0.221. The van der Waals surface area contributed by atoms with Gasteiger partial charge in [-0.25, -0.2) is 4.79 Å². The van der Waals surface area contributed by atoms with Crippen LogP contribution < -0.4 is 4.74 Å². The molecule has 1 saturated heterocycles. The van der Waals surface area contributed by atoms with E-state index in [0.29, 0.717) is 18.8 Å². The van der Waals surface area contributed by atoms with Crippen molar-refractivity contribution in [1.29, 1.82) is 0 Å². The average molecular weight is 206 g/mol. The van der Waals surface area contributed by atoms with Gasteiger partial charge in [0.15, 0.2) is 0 Å². The molecule has 0 amide bonds. The molecule has 1 aromatic rings. The molecule has 3 rings (SSSR count). The fourth-order valence-corrected chi connectivity index (χ4v) is 1.60. The highest BCUT2D eigenvalue weighted by Crippen LogP contribution is 2.29. The maximum Gasteiger partial charge on any atom is 0.339 e. The SMILES string of the molecule is O=C1OCc2c(OCC3CO3)cccc21. The van der Waals surface area contributed by atoms with Gasteiger partial charge in [0.2, 0.25) is 0 Å². The Morgan fingerprint density at radius 3 is 3.13 bits per heavy atom. The third-order valence-corrected chi connectivity index (χ3v) is 2.53. The fourth-order valence-electron chi connectivity index (χ4n) is 1.60. The van der Waals surface area contributed by atoms with E-state index in [1.54, 1.807) is 12.1 Å². The Morgan fingerprint density at radius 1 is 1.47 bits per heavy atom. The molecule has 0 radical (unpaired) electrons. The van der Waals surface area contributed by atoms with Crippen LogP contribution >= 0.6 is 0 Å². The molecule has 2 aliphatic heterocycles. The third kappa shape index (κ3) is 1.57. The Balaban J connectivity index is 1.84. The second-order valence-corrected chi connectivity index (χ2v) is 3.62. The van der Waals surface area contributed by atoms with Gasteiger partial charge in [-0.05, 0) is 12.1 Å². The first kappa shape index (κ1) is 8.73. The number of fused-ring (bicyclic) bond motifs is 1. The van der Waals surface area contributed by atoms with Crippen molar-refractivity contribution in [3.05, 3.63) is 29.3 Å². The maximum atomic E-state index is 11.3. The summed E-state index contributed by atoms with van der Waals surface area (Å²) in [6, 6.07) is 5.41. The fraction of sp³-hybridized carbons (Fsp3) is 0.364. The number of hydrogen-bond acceptors (Lipinski definition) is 4. The second kappa shape index (κ2) is 3.24. The van der Waals surface area contributed by atoms with Crippen molar-refractivity contribution in [2.24, 2.45) is 0 Å². The number of benzene rings is 1. The molecule has 0 aliphatic carbocycles. The standard InChI is InChI=1S/C11H10O4/c12-11-8-2-1-3-10(9(8)6-15-11)14-5-7-4-13-7/h1-3,7H,4-6H2. The molecular weight excluding hydrogens is 196 g/mol. The zero-order valence-electron chi connectivity index (χ0n) is 8.06. The molecule has 1 aromatic carbocycles. The first-order valence-corrected chi connectivity index (χ1v) is 4.88. The van der Waals surface area contributed by atoms with Gasteiger partial charge in [0.1, 0.15) is 25.1 Å². The predicted molar refractivity (Wildman–Crippen MR) is 50.8 cm³/mol. The first-order valence-electron chi connectivity index (χ1n) is 4.88. The zero-order valence-corrected chi connectivity index (χ0v) is 8.06. The Kier molecular flexibility index (Phi) is 1.89. The number of cyclic esters (lactones) is 1. The maximum absolute atomic E-state index is 11.3. The highest BCUT2D eigenvalue weighted by Gasteiger charge is 2.27. The lowest BCUT2D eigenvalue weighted by atomic mass is 10.1. The molecule has 4 heteroatoms. The number of carbonyl (C=O) groups excluding carboxylic acids is 1. The molecular formula is C11H10O4. The minimum Gasteiger partial charge on any atom is -0.490 e. The summed E-state index contributed by atoms with van der Waals surface area (Å²) in [6.45, 7) is 1.63. The summed E-state index contributed by atoms with van der Waals surface area (Å²) in [6.07, 6.45) is 0.221. The first-order chi connectivity index (χ1) is 7.34. The lowest BCUT2D eigenvalue weighted by Gasteiger charge is -2.06. The van der Waals surface area contributed by atoms with E-state index in [9.17, 15) is 4.79 Å².